The number of halogens is 3. The third kappa shape index (κ3) is 3.02. The number of hydrogen-bond donors (Lipinski definition) is 1. The molecule has 2 aromatic rings. The first kappa shape index (κ1) is 15.0. The molecule has 0 atom stereocenters. The largest absolute Gasteiger partial charge is 0.321 e. The number of benzene rings is 2. The van der Waals surface area contributed by atoms with Gasteiger partial charge in [-0.15, -0.1) is 0 Å². The minimum absolute atomic E-state index is 0.110. The molecular formula is C15H12BrClFNO. The normalized spacial score (nSPS) is 10.4. The second kappa shape index (κ2) is 5.94. The van der Waals surface area contributed by atoms with Crippen LogP contribution in [0, 0.1) is 19.7 Å². The minimum Gasteiger partial charge on any atom is -0.321 e. The Bertz CT molecular complexity index is 665. The second-order valence-corrected chi connectivity index (χ2v) is 5.73. The van der Waals surface area contributed by atoms with Crippen LogP contribution in [0.4, 0.5) is 10.1 Å². The lowest BCUT2D eigenvalue weighted by atomic mass is 10.1. The zero-order chi connectivity index (χ0) is 14.9. The molecule has 1 amide bonds. The third-order valence-corrected chi connectivity index (χ3v) is 3.88. The van der Waals surface area contributed by atoms with Crippen LogP contribution in [0.15, 0.2) is 34.8 Å². The topological polar surface area (TPSA) is 29.1 Å². The van der Waals surface area contributed by atoms with E-state index in [1.54, 1.807) is 0 Å². The monoisotopic (exact) mass is 355 g/mol. The predicted octanol–water partition coefficient (Wildman–Crippen LogP) is 5.11. The molecule has 0 fully saturated rings. The van der Waals surface area contributed by atoms with E-state index in [9.17, 15) is 9.18 Å². The van der Waals surface area contributed by atoms with E-state index in [2.05, 4.69) is 21.2 Å². The van der Waals surface area contributed by atoms with Gasteiger partial charge in [-0.25, -0.2) is 4.39 Å². The van der Waals surface area contributed by atoms with E-state index < -0.39 is 11.7 Å². The van der Waals surface area contributed by atoms with Crippen molar-refractivity contribution in [3.8, 4) is 0 Å². The van der Waals surface area contributed by atoms with E-state index >= 15 is 0 Å². The number of anilines is 1. The highest BCUT2D eigenvalue weighted by Crippen LogP contribution is 2.29. The Labute approximate surface area is 130 Å². The summed E-state index contributed by atoms with van der Waals surface area (Å²) in [6.45, 7) is 3.85. The molecule has 0 saturated heterocycles. The van der Waals surface area contributed by atoms with Crippen molar-refractivity contribution in [3.63, 3.8) is 0 Å². The summed E-state index contributed by atoms with van der Waals surface area (Å²) in [7, 11) is 0. The van der Waals surface area contributed by atoms with E-state index in [1.165, 1.54) is 18.2 Å². The van der Waals surface area contributed by atoms with Crippen LogP contribution in [0.5, 0.6) is 0 Å². The molecular weight excluding hydrogens is 345 g/mol. The van der Waals surface area contributed by atoms with Crippen molar-refractivity contribution in [3.05, 3.63) is 62.3 Å². The standard InChI is InChI=1S/C15H12BrClFNO/c1-8-6-9(2)14(11(16)7-8)19-15(20)10-4-3-5-12(18)13(10)17/h3-7H,1-2H3,(H,19,20). The van der Waals surface area contributed by atoms with Crippen molar-refractivity contribution < 1.29 is 9.18 Å². The van der Waals surface area contributed by atoms with Crippen LogP contribution in [0.25, 0.3) is 0 Å². The van der Waals surface area contributed by atoms with Crippen LogP contribution >= 0.6 is 27.5 Å². The van der Waals surface area contributed by atoms with Gasteiger partial charge in [-0.05, 0) is 59.1 Å². The SMILES string of the molecule is Cc1cc(C)c(NC(=O)c2cccc(F)c2Cl)c(Br)c1. The number of aryl methyl sites for hydroxylation is 2. The molecule has 0 aliphatic rings. The fraction of sp³-hybridized carbons (Fsp3) is 0.133. The van der Waals surface area contributed by atoms with E-state index in [-0.39, 0.29) is 10.6 Å². The highest BCUT2D eigenvalue weighted by molar-refractivity contribution is 9.10. The quantitative estimate of drug-likeness (QED) is 0.796. The smallest absolute Gasteiger partial charge is 0.257 e. The Balaban J connectivity index is 2.36. The Morgan fingerprint density at radius 3 is 2.65 bits per heavy atom. The summed E-state index contributed by atoms with van der Waals surface area (Å²) in [4.78, 5) is 12.2. The van der Waals surface area contributed by atoms with Gasteiger partial charge in [0.1, 0.15) is 5.82 Å². The van der Waals surface area contributed by atoms with Crippen molar-refractivity contribution in [2.45, 2.75) is 13.8 Å². The first-order chi connectivity index (χ1) is 9.40. The molecule has 2 rings (SSSR count). The Hall–Kier alpha value is -1.39. The first-order valence-corrected chi connectivity index (χ1v) is 7.09. The lowest BCUT2D eigenvalue weighted by molar-refractivity contribution is 0.102. The van der Waals surface area contributed by atoms with Gasteiger partial charge in [-0.2, -0.15) is 0 Å². The number of hydrogen-bond acceptors (Lipinski definition) is 1. The molecule has 5 heteroatoms. The number of amides is 1. The molecule has 0 heterocycles. The summed E-state index contributed by atoms with van der Waals surface area (Å²) in [5.74, 6) is -1.05. The molecule has 0 bridgehead atoms. The van der Waals surface area contributed by atoms with Gasteiger partial charge < -0.3 is 5.32 Å². The fourth-order valence-corrected chi connectivity index (χ4v) is 2.92. The van der Waals surface area contributed by atoms with Crippen LogP contribution in [0.1, 0.15) is 21.5 Å². The number of nitrogens with one attached hydrogen (secondary N) is 1. The Morgan fingerprint density at radius 2 is 2.00 bits per heavy atom. The average molecular weight is 357 g/mol. The minimum atomic E-state index is -0.612. The molecule has 0 saturated carbocycles. The highest BCUT2D eigenvalue weighted by atomic mass is 79.9. The number of rotatable bonds is 2. The van der Waals surface area contributed by atoms with Gasteiger partial charge >= 0.3 is 0 Å². The maximum Gasteiger partial charge on any atom is 0.257 e. The molecule has 0 aliphatic carbocycles. The summed E-state index contributed by atoms with van der Waals surface area (Å²) in [5, 5.41) is 2.58. The summed E-state index contributed by atoms with van der Waals surface area (Å²) < 4.78 is 14.1. The van der Waals surface area contributed by atoms with Gasteiger partial charge in [-0.1, -0.05) is 23.7 Å². The first-order valence-electron chi connectivity index (χ1n) is 5.92. The summed E-state index contributed by atoms with van der Waals surface area (Å²) in [5.41, 5.74) is 2.76. The lowest BCUT2D eigenvalue weighted by Crippen LogP contribution is -2.14. The lowest BCUT2D eigenvalue weighted by Gasteiger charge is -2.12. The van der Waals surface area contributed by atoms with Crippen LogP contribution in [0.2, 0.25) is 5.02 Å². The zero-order valence-electron chi connectivity index (χ0n) is 10.9. The van der Waals surface area contributed by atoms with Crippen LogP contribution in [-0.4, -0.2) is 5.91 Å². The molecule has 2 nitrogen and oxygen atoms in total. The predicted molar refractivity (Wildman–Crippen MR) is 83.0 cm³/mol. The van der Waals surface area contributed by atoms with Crippen molar-refractivity contribution >= 4 is 39.1 Å². The zero-order valence-corrected chi connectivity index (χ0v) is 13.3. The van der Waals surface area contributed by atoms with Crippen molar-refractivity contribution in [2.24, 2.45) is 0 Å². The fourth-order valence-electron chi connectivity index (χ4n) is 1.93. The third-order valence-electron chi connectivity index (χ3n) is 2.87. The van der Waals surface area contributed by atoms with Gasteiger partial charge in [-0.3, -0.25) is 4.79 Å². The molecule has 0 aromatic heterocycles. The van der Waals surface area contributed by atoms with E-state index in [0.29, 0.717) is 5.69 Å². The number of carbonyl (C=O) groups is 1. The maximum atomic E-state index is 13.4. The Kier molecular flexibility index (Phi) is 4.45. The molecule has 0 unspecified atom stereocenters. The molecule has 104 valence electrons. The van der Waals surface area contributed by atoms with Gasteiger partial charge in [0, 0.05) is 4.47 Å². The van der Waals surface area contributed by atoms with Crippen LogP contribution in [-0.2, 0) is 0 Å². The Morgan fingerprint density at radius 1 is 1.30 bits per heavy atom. The molecule has 1 N–H and O–H groups in total. The summed E-state index contributed by atoms with van der Waals surface area (Å²) in [6.07, 6.45) is 0. The second-order valence-electron chi connectivity index (χ2n) is 4.49. The van der Waals surface area contributed by atoms with Crippen molar-refractivity contribution in [1.82, 2.24) is 0 Å². The molecule has 0 spiro atoms. The molecule has 0 aliphatic heterocycles. The average Bonchev–Trinajstić information content (AvgIpc) is 2.36. The molecule has 20 heavy (non-hydrogen) atoms. The van der Waals surface area contributed by atoms with Crippen molar-refractivity contribution in [2.75, 3.05) is 5.32 Å². The van der Waals surface area contributed by atoms with E-state index in [1.807, 2.05) is 26.0 Å². The van der Waals surface area contributed by atoms with Crippen molar-refractivity contribution in [1.29, 1.82) is 0 Å². The van der Waals surface area contributed by atoms with Crippen LogP contribution < -0.4 is 5.32 Å². The molecule has 0 radical (unpaired) electrons. The summed E-state index contributed by atoms with van der Waals surface area (Å²) >= 11 is 9.22. The van der Waals surface area contributed by atoms with Gasteiger partial charge in [0.05, 0.1) is 16.3 Å². The van der Waals surface area contributed by atoms with Gasteiger partial charge in [0.15, 0.2) is 0 Å². The van der Waals surface area contributed by atoms with Crippen LogP contribution in [0.3, 0.4) is 0 Å². The van der Waals surface area contributed by atoms with E-state index in [4.69, 9.17) is 11.6 Å². The highest BCUT2D eigenvalue weighted by Gasteiger charge is 2.15. The maximum absolute atomic E-state index is 13.4. The summed E-state index contributed by atoms with van der Waals surface area (Å²) in [6, 6.07) is 8.00. The van der Waals surface area contributed by atoms with Gasteiger partial charge in [0.2, 0.25) is 0 Å². The van der Waals surface area contributed by atoms with E-state index in [0.717, 1.165) is 15.6 Å². The molecule has 2 aromatic carbocycles. The van der Waals surface area contributed by atoms with Gasteiger partial charge in [0.25, 0.3) is 5.91 Å². The number of carbonyl (C=O) groups excluding carboxylic acids is 1.